The molecule has 1 fully saturated rings. The lowest BCUT2D eigenvalue weighted by Gasteiger charge is -2.24. The first kappa shape index (κ1) is 16.1. The van der Waals surface area contributed by atoms with E-state index in [1.807, 2.05) is 20.9 Å². The van der Waals surface area contributed by atoms with E-state index < -0.39 is 11.7 Å². The van der Waals surface area contributed by atoms with Gasteiger partial charge in [-0.25, -0.2) is 0 Å². The van der Waals surface area contributed by atoms with Crippen molar-refractivity contribution in [3.63, 3.8) is 0 Å². The molecule has 0 bridgehead atoms. The van der Waals surface area contributed by atoms with E-state index >= 15 is 0 Å². The van der Waals surface area contributed by atoms with Gasteiger partial charge in [-0.2, -0.15) is 13.2 Å². The van der Waals surface area contributed by atoms with Gasteiger partial charge in [-0.15, -0.1) is 0 Å². The fourth-order valence-corrected chi connectivity index (χ4v) is 2.36. The zero-order valence-corrected chi connectivity index (χ0v) is 12.1. The summed E-state index contributed by atoms with van der Waals surface area (Å²) in [7, 11) is 2.02. The predicted octanol–water partition coefficient (Wildman–Crippen LogP) is 3.33. The van der Waals surface area contributed by atoms with Crippen molar-refractivity contribution in [3.8, 4) is 0 Å². The first-order valence-corrected chi connectivity index (χ1v) is 6.55. The van der Waals surface area contributed by atoms with E-state index in [2.05, 4.69) is 16.8 Å². The number of allylic oxidation sites excluding steroid dienone is 3. The van der Waals surface area contributed by atoms with Crippen molar-refractivity contribution in [1.29, 1.82) is 0 Å². The molecule has 1 heterocycles. The van der Waals surface area contributed by atoms with Crippen LogP contribution in [0.5, 0.6) is 0 Å². The Morgan fingerprint density at radius 3 is 2.32 bits per heavy atom. The van der Waals surface area contributed by atoms with Crippen LogP contribution in [0.15, 0.2) is 23.4 Å². The maximum Gasteiger partial charge on any atom is 0.416 e. The van der Waals surface area contributed by atoms with Crippen LogP contribution < -0.4 is 5.32 Å². The lowest BCUT2D eigenvalue weighted by Crippen LogP contribution is -2.34. The van der Waals surface area contributed by atoms with E-state index in [0.717, 1.165) is 19.5 Å². The molecule has 19 heavy (non-hydrogen) atoms. The molecule has 0 amide bonds. The van der Waals surface area contributed by atoms with Crippen LogP contribution in [0.25, 0.3) is 0 Å². The molecule has 0 aromatic carbocycles. The van der Waals surface area contributed by atoms with Crippen LogP contribution in [-0.2, 0) is 0 Å². The molecule has 0 radical (unpaired) electrons. The number of likely N-dealkylation sites (N-methyl/N-ethyl adjacent to an activating group) is 1. The molecule has 1 N–H and O–H groups in total. The Kier molecular flexibility index (Phi) is 5.07. The van der Waals surface area contributed by atoms with Gasteiger partial charge >= 0.3 is 6.18 Å². The number of hydrogen-bond acceptors (Lipinski definition) is 2. The molecule has 110 valence electrons. The van der Waals surface area contributed by atoms with Crippen molar-refractivity contribution in [2.45, 2.75) is 39.4 Å². The third-order valence-corrected chi connectivity index (χ3v) is 3.53. The fraction of sp³-hybridized carbons (Fsp3) is 0.714. The Balaban J connectivity index is 2.90. The summed E-state index contributed by atoms with van der Waals surface area (Å²) in [5.74, 6) is 0.0185. The lowest BCUT2D eigenvalue weighted by atomic mass is 9.98. The normalized spacial score (nSPS) is 22.6. The quantitative estimate of drug-likeness (QED) is 0.792. The Hall–Kier alpha value is -0.970. The van der Waals surface area contributed by atoms with Crippen molar-refractivity contribution in [2.24, 2.45) is 5.92 Å². The highest BCUT2D eigenvalue weighted by Gasteiger charge is 2.34. The van der Waals surface area contributed by atoms with E-state index in [4.69, 9.17) is 0 Å². The predicted molar refractivity (Wildman–Crippen MR) is 71.8 cm³/mol. The Morgan fingerprint density at radius 2 is 1.95 bits per heavy atom. The number of nitrogens with zero attached hydrogens (tertiary/aromatic N) is 1. The topological polar surface area (TPSA) is 15.3 Å². The smallest absolute Gasteiger partial charge is 0.384 e. The Labute approximate surface area is 113 Å². The van der Waals surface area contributed by atoms with Crippen LogP contribution in [0.4, 0.5) is 13.2 Å². The molecular formula is C14H23F3N2. The first-order valence-electron chi connectivity index (χ1n) is 6.55. The maximum atomic E-state index is 12.7. The van der Waals surface area contributed by atoms with E-state index in [0.29, 0.717) is 5.70 Å². The number of alkyl halides is 3. The van der Waals surface area contributed by atoms with Gasteiger partial charge < -0.3 is 10.2 Å². The molecule has 1 saturated heterocycles. The molecule has 0 spiro atoms. The van der Waals surface area contributed by atoms with Gasteiger partial charge in [0.25, 0.3) is 0 Å². The highest BCUT2D eigenvalue weighted by Crippen LogP contribution is 2.32. The van der Waals surface area contributed by atoms with Gasteiger partial charge in [-0.3, -0.25) is 0 Å². The molecule has 1 unspecified atom stereocenters. The van der Waals surface area contributed by atoms with Crippen LogP contribution in [0.3, 0.4) is 0 Å². The van der Waals surface area contributed by atoms with E-state index in [9.17, 15) is 13.2 Å². The molecular weight excluding hydrogens is 253 g/mol. The second-order valence-corrected chi connectivity index (χ2v) is 5.56. The SMILES string of the molecule is C=C(/C(C)=C(\NC1CCN(C)C1)C(C)C)C(F)(F)F. The van der Waals surface area contributed by atoms with Gasteiger partial charge in [-0.05, 0) is 38.4 Å². The first-order chi connectivity index (χ1) is 8.62. The summed E-state index contributed by atoms with van der Waals surface area (Å²) in [6.07, 6.45) is -3.41. The number of nitrogens with one attached hydrogen (secondary N) is 1. The van der Waals surface area contributed by atoms with Crippen molar-refractivity contribution in [3.05, 3.63) is 23.4 Å². The van der Waals surface area contributed by atoms with E-state index in [-0.39, 0.29) is 17.5 Å². The van der Waals surface area contributed by atoms with Crippen LogP contribution in [0, 0.1) is 5.92 Å². The highest BCUT2D eigenvalue weighted by molar-refractivity contribution is 5.35. The monoisotopic (exact) mass is 276 g/mol. The van der Waals surface area contributed by atoms with Gasteiger partial charge in [0.1, 0.15) is 0 Å². The van der Waals surface area contributed by atoms with E-state index in [1.165, 1.54) is 6.92 Å². The minimum Gasteiger partial charge on any atom is -0.384 e. The minimum atomic E-state index is -4.36. The minimum absolute atomic E-state index is 0.0185. The summed E-state index contributed by atoms with van der Waals surface area (Å²) in [4.78, 5) is 2.17. The second-order valence-electron chi connectivity index (χ2n) is 5.56. The number of rotatable bonds is 4. The Bertz CT molecular complexity index is 369. The molecule has 0 aliphatic carbocycles. The third-order valence-electron chi connectivity index (χ3n) is 3.53. The summed E-state index contributed by atoms with van der Waals surface area (Å²) in [5, 5.41) is 3.28. The molecule has 0 aromatic rings. The van der Waals surface area contributed by atoms with Crippen molar-refractivity contribution in [2.75, 3.05) is 20.1 Å². The van der Waals surface area contributed by atoms with Crippen LogP contribution in [0.1, 0.15) is 27.2 Å². The second kappa shape index (κ2) is 5.99. The zero-order chi connectivity index (χ0) is 14.8. The van der Waals surface area contributed by atoms with Crippen molar-refractivity contribution in [1.82, 2.24) is 10.2 Å². The fourth-order valence-electron chi connectivity index (χ4n) is 2.36. The number of halogens is 3. The lowest BCUT2D eigenvalue weighted by molar-refractivity contribution is -0.0890. The van der Waals surface area contributed by atoms with Gasteiger partial charge in [0, 0.05) is 18.3 Å². The molecule has 1 aliphatic heterocycles. The molecule has 0 aromatic heterocycles. The Morgan fingerprint density at radius 1 is 1.37 bits per heavy atom. The summed E-state index contributed by atoms with van der Waals surface area (Å²) in [6, 6.07) is 0.221. The molecule has 5 heteroatoms. The van der Waals surface area contributed by atoms with Gasteiger partial charge in [0.05, 0.1) is 5.57 Å². The van der Waals surface area contributed by atoms with Crippen LogP contribution >= 0.6 is 0 Å². The summed E-state index contributed by atoms with van der Waals surface area (Å²) in [5.41, 5.74) is 0.120. The maximum absolute atomic E-state index is 12.7. The van der Waals surface area contributed by atoms with Crippen molar-refractivity contribution >= 4 is 0 Å². The standard InChI is InChI=1S/C14H23F3N2/c1-9(2)13(10(3)11(4)14(15,16)17)18-12-6-7-19(5)8-12/h9,12,18H,4,6-8H2,1-3,5H3/b13-10-. The molecule has 1 rings (SSSR count). The van der Waals surface area contributed by atoms with Crippen LogP contribution in [-0.4, -0.2) is 37.3 Å². The highest BCUT2D eigenvalue weighted by atomic mass is 19.4. The van der Waals surface area contributed by atoms with Crippen LogP contribution in [0.2, 0.25) is 0 Å². The van der Waals surface area contributed by atoms with Gasteiger partial charge in [0.15, 0.2) is 0 Å². The van der Waals surface area contributed by atoms with E-state index in [1.54, 1.807) is 0 Å². The zero-order valence-electron chi connectivity index (χ0n) is 12.1. The van der Waals surface area contributed by atoms with Gasteiger partial charge in [0.2, 0.25) is 0 Å². The summed E-state index contributed by atoms with van der Waals surface area (Å²) < 4.78 is 38.2. The average molecular weight is 276 g/mol. The van der Waals surface area contributed by atoms with Gasteiger partial charge in [-0.1, -0.05) is 20.4 Å². The largest absolute Gasteiger partial charge is 0.416 e. The average Bonchev–Trinajstić information content (AvgIpc) is 2.68. The summed E-state index contributed by atoms with van der Waals surface area (Å²) >= 11 is 0. The number of likely N-dealkylation sites (tertiary alicyclic amines) is 1. The summed E-state index contributed by atoms with van der Waals surface area (Å²) in [6.45, 7) is 10.3. The van der Waals surface area contributed by atoms with Crippen molar-refractivity contribution < 1.29 is 13.2 Å². The third kappa shape index (κ3) is 4.27. The molecule has 0 saturated carbocycles. The number of hydrogen-bond donors (Lipinski definition) is 1. The molecule has 2 nitrogen and oxygen atoms in total. The molecule has 1 atom stereocenters. The molecule has 1 aliphatic rings.